The van der Waals surface area contributed by atoms with Crippen LogP contribution in [-0.2, 0) is 0 Å². The highest BCUT2D eigenvalue weighted by Gasteiger charge is 2.48. The van der Waals surface area contributed by atoms with E-state index in [1.807, 2.05) is 0 Å². The highest BCUT2D eigenvalue weighted by molar-refractivity contribution is 6.49. The van der Waals surface area contributed by atoms with Crippen LogP contribution in [0.2, 0.25) is 0 Å². The molecule has 0 unspecified atom stereocenters. The Morgan fingerprint density at radius 2 is 0.571 bits per heavy atom. The minimum absolute atomic E-state index is 0.142. The van der Waals surface area contributed by atoms with Gasteiger partial charge in [-0.1, -0.05) is 24.3 Å². The summed E-state index contributed by atoms with van der Waals surface area (Å²) in [5, 5.41) is 71.4. The van der Waals surface area contributed by atoms with Gasteiger partial charge in [-0.25, -0.2) is 0 Å². The highest BCUT2D eigenvalue weighted by Crippen LogP contribution is 2.61. The fourth-order valence-corrected chi connectivity index (χ4v) is 6.40. The summed E-state index contributed by atoms with van der Waals surface area (Å²) in [7, 11) is 0. The zero-order valence-electron chi connectivity index (χ0n) is 20.0. The van der Waals surface area contributed by atoms with Gasteiger partial charge in [0, 0.05) is 21.5 Å². The van der Waals surface area contributed by atoms with Crippen LogP contribution in [-0.4, -0.2) is 29.5 Å². The van der Waals surface area contributed by atoms with Crippen LogP contribution in [0.5, 0.6) is 0 Å². The lowest BCUT2D eigenvalue weighted by Gasteiger charge is -2.20. The number of hydrogen-bond donors (Lipinski definition) is 0. The summed E-state index contributed by atoms with van der Waals surface area (Å²) in [6.07, 6.45) is 0. The second-order valence-corrected chi connectivity index (χ2v) is 9.37. The molecular formula is C24H6N6O12. The zero-order chi connectivity index (χ0) is 30.1. The van der Waals surface area contributed by atoms with Crippen LogP contribution in [0.3, 0.4) is 0 Å². The predicted octanol–water partition coefficient (Wildman–Crippen LogP) is 6.37. The molecular weight excluding hydrogens is 564 g/mol. The monoisotopic (exact) mass is 570 g/mol. The lowest BCUT2D eigenvalue weighted by Crippen LogP contribution is -2.08. The first-order valence-electron chi connectivity index (χ1n) is 11.5. The number of rotatable bonds is 6. The molecule has 0 aromatic heterocycles. The standard InChI is InChI=1S/C24H6N6O12/c31-25(32)19-9-5-3-7-1-2-8-4-6-10-14-12(8)11(7)13(9)15-16(14)18(22(28(37)38)20(10)26(33)34)24(30(41)42)23(29(39)40)17(15)21(19)27(35)36/h1-6H. The van der Waals surface area contributed by atoms with Gasteiger partial charge in [0.1, 0.15) is 0 Å². The van der Waals surface area contributed by atoms with E-state index in [9.17, 15) is 60.7 Å². The SMILES string of the molecule is O=[N+]([O-])c1c([N+](=O)[O-])c2c([N+](=O)[O-])c([N+](=O)[O-])c3c([N+](=O)[O-])c([N+](=O)[O-])c4ccc5ccc6ccc1c1c6c5c4c3c21. The molecule has 18 nitrogen and oxygen atoms in total. The largest absolute Gasteiger partial charge is 0.362 e. The molecule has 0 saturated carbocycles. The Morgan fingerprint density at radius 3 is 0.857 bits per heavy atom. The van der Waals surface area contributed by atoms with Crippen molar-refractivity contribution >= 4 is 98.8 Å². The average Bonchev–Trinajstić information content (AvgIpc) is 2.92. The highest BCUT2D eigenvalue weighted by atomic mass is 16.7. The molecule has 204 valence electrons. The second-order valence-electron chi connectivity index (χ2n) is 9.37. The summed E-state index contributed by atoms with van der Waals surface area (Å²) < 4.78 is 0. The van der Waals surface area contributed by atoms with E-state index in [1.54, 1.807) is 12.1 Å². The molecule has 18 heteroatoms. The van der Waals surface area contributed by atoms with Crippen molar-refractivity contribution in [3.63, 3.8) is 0 Å². The van der Waals surface area contributed by atoms with Crippen LogP contribution in [0.1, 0.15) is 0 Å². The van der Waals surface area contributed by atoms with E-state index in [0.29, 0.717) is 10.8 Å². The number of benzene rings is 7. The van der Waals surface area contributed by atoms with Crippen molar-refractivity contribution in [1.82, 2.24) is 0 Å². The average molecular weight is 570 g/mol. The Balaban J connectivity index is 2.11. The molecule has 0 saturated heterocycles. The molecule has 0 atom stereocenters. The van der Waals surface area contributed by atoms with Crippen LogP contribution in [0, 0.1) is 60.7 Å². The van der Waals surface area contributed by atoms with Gasteiger partial charge in [-0.2, -0.15) is 0 Å². The Morgan fingerprint density at radius 1 is 0.310 bits per heavy atom. The van der Waals surface area contributed by atoms with Crippen LogP contribution in [0.15, 0.2) is 36.4 Å². The third-order valence-corrected chi connectivity index (χ3v) is 7.64. The maximum absolute atomic E-state index is 12.5. The van der Waals surface area contributed by atoms with Gasteiger partial charge in [0.15, 0.2) is 10.8 Å². The van der Waals surface area contributed by atoms with Crippen LogP contribution in [0.25, 0.3) is 64.6 Å². The van der Waals surface area contributed by atoms with Crippen LogP contribution >= 0.6 is 0 Å². The Hall–Kier alpha value is -6.72. The second kappa shape index (κ2) is 7.47. The zero-order valence-corrected chi connectivity index (χ0v) is 20.0. The first-order valence-corrected chi connectivity index (χ1v) is 11.5. The minimum atomic E-state index is -1.64. The van der Waals surface area contributed by atoms with Gasteiger partial charge in [-0.15, -0.1) is 0 Å². The summed E-state index contributed by atoms with van der Waals surface area (Å²) in [4.78, 5) is 66.7. The van der Waals surface area contributed by atoms with Gasteiger partial charge in [0.05, 0.1) is 40.3 Å². The summed E-state index contributed by atoms with van der Waals surface area (Å²) in [6, 6.07) is 8.34. The number of nitro benzene ring substituents is 6. The molecule has 7 aromatic carbocycles. The van der Waals surface area contributed by atoms with Crippen molar-refractivity contribution in [3.8, 4) is 0 Å². The van der Waals surface area contributed by atoms with E-state index in [-0.39, 0.29) is 32.3 Å². The first-order chi connectivity index (χ1) is 19.9. The molecule has 42 heavy (non-hydrogen) atoms. The maximum Gasteiger partial charge on any atom is 0.362 e. The lowest BCUT2D eigenvalue weighted by atomic mass is 9.80. The molecule has 0 aliphatic carbocycles. The van der Waals surface area contributed by atoms with Crippen molar-refractivity contribution in [2.24, 2.45) is 0 Å². The van der Waals surface area contributed by atoms with Gasteiger partial charge in [-0.05, 0) is 33.7 Å². The number of nitro groups is 6. The van der Waals surface area contributed by atoms with E-state index in [2.05, 4.69) is 0 Å². The molecule has 0 aliphatic rings. The van der Waals surface area contributed by atoms with Crippen molar-refractivity contribution in [2.45, 2.75) is 0 Å². The molecule has 0 heterocycles. The molecule has 0 bridgehead atoms. The van der Waals surface area contributed by atoms with Crippen molar-refractivity contribution in [2.75, 3.05) is 0 Å². The predicted molar refractivity (Wildman–Crippen MR) is 145 cm³/mol. The third-order valence-electron chi connectivity index (χ3n) is 7.64. The molecule has 0 radical (unpaired) electrons. The third kappa shape index (κ3) is 2.56. The van der Waals surface area contributed by atoms with E-state index >= 15 is 0 Å². The van der Waals surface area contributed by atoms with E-state index in [1.165, 1.54) is 24.3 Å². The molecule has 0 aliphatic heterocycles. The smallest absolute Gasteiger partial charge is 0.258 e. The molecule has 7 rings (SSSR count). The molecule has 0 fully saturated rings. The van der Waals surface area contributed by atoms with Crippen molar-refractivity contribution in [3.05, 3.63) is 97.1 Å². The van der Waals surface area contributed by atoms with Crippen LogP contribution < -0.4 is 0 Å². The maximum atomic E-state index is 12.5. The van der Waals surface area contributed by atoms with E-state index in [4.69, 9.17) is 0 Å². The Kier molecular flexibility index (Phi) is 4.33. The number of nitrogens with zero attached hydrogens (tertiary/aromatic N) is 6. The first kappa shape index (κ1) is 24.3. The normalized spacial score (nSPS) is 12.0. The molecule has 0 N–H and O–H groups in total. The van der Waals surface area contributed by atoms with E-state index in [0.717, 1.165) is 0 Å². The fraction of sp³-hybridized carbons (Fsp3) is 0. The van der Waals surface area contributed by atoms with Gasteiger partial charge >= 0.3 is 34.1 Å². The summed E-state index contributed by atoms with van der Waals surface area (Å²) >= 11 is 0. The van der Waals surface area contributed by atoms with Crippen LogP contribution in [0.4, 0.5) is 34.1 Å². The summed E-state index contributed by atoms with van der Waals surface area (Å²) in [5.74, 6) is 0. The lowest BCUT2D eigenvalue weighted by molar-refractivity contribution is -0.427. The van der Waals surface area contributed by atoms with Gasteiger partial charge in [0.25, 0.3) is 0 Å². The number of hydrogen-bond acceptors (Lipinski definition) is 12. The Bertz CT molecular complexity index is 2320. The fourth-order valence-electron chi connectivity index (χ4n) is 6.40. The molecule has 0 amide bonds. The van der Waals surface area contributed by atoms with Gasteiger partial charge in [-0.3, -0.25) is 60.7 Å². The molecule has 0 spiro atoms. The topological polar surface area (TPSA) is 259 Å². The van der Waals surface area contributed by atoms with E-state index < -0.39 is 85.2 Å². The quantitative estimate of drug-likeness (QED) is 0.0913. The van der Waals surface area contributed by atoms with Crippen molar-refractivity contribution in [1.29, 1.82) is 0 Å². The Labute approximate surface area is 225 Å². The van der Waals surface area contributed by atoms with Gasteiger partial charge < -0.3 is 0 Å². The summed E-state index contributed by atoms with van der Waals surface area (Å²) in [6.45, 7) is 0. The van der Waals surface area contributed by atoms with Gasteiger partial charge in [0.2, 0.25) is 0 Å². The minimum Gasteiger partial charge on any atom is -0.258 e. The van der Waals surface area contributed by atoms with Crippen molar-refractivity contribution < 1.29 is 29.5 Å². The summed E-state index contributed by atoms with van der Waals surface area (Å²) in [5.41, 5.74) is -8.49. The molecule has 7 aromatic rings.